The Labute approximate surface area is 297 Å². The second-order valence-electron chi connectivity index (χ2n) is 12.7. The third kappa shape index (κ3) is 5.92. The molecule has 0 fully saturated rings. The molecule has 0 spiro atoms. The summed E-state index contributed by atoms with van der Waals surface area (Å²) in [6.45, 7) is 0. The van der Waals surface area contributed by atoms with Crippen molar-refractivity contribution < 1.29 is 0 Å². The van der Waals surface area contributed by atoms with Gasteiger partial charge in [-0.05, 0) is 76.2 Å². The largest absolute Gasteiger partial charge is 0.311 e. The van der Waals surface area contributed by atoms with Crippen LogP contribution in [-0.2, 0) is 0 Å². The fraction of sp³-hybridized carbons (Fsp3) is 0. The summed E-state index contributed by atoms with van der Waals surface area (Å²) in [5, 5.41) is 2.22. The maximum Gasteiger partial charge on any atom is 0.0973 e. The Morgan fingerprint density at radius 3 is 1.31 bits per heavy atom. The van der Waals surface area contributed by atoms with Crippen molar-refractivity contribution in [1.82, 2.24) is 9.97 Å². The molecule has 0 aliphatic heterocycles. The van der Waals surface area contributed by atoms with Crippen LogP contribution in [0.3, 0.4) is 0 Å². The predicted octanol–water partition coefficient (Wildman–Crippen LogP) is 12.9. The Hall–Kier alpha value is -6.84. The van der Waals surface area contributed by atoms with Gasteiger partial charge in [-0.2, -0.15) is 0 Å². The van der Waals surface area contributed by atoms with Crippen LogP contribution in [0.5, 0.6) is 0 Å². The molecule has 0 aliphatic carbocycles. The zero-order chi connectivity index (χ0) is 34.0. The van der Waals surface area contributed by atoms with E-state index in [4.69, 9.17) is 9.97 Å². The minimum Gasteiger partial charge on any atom is -0.311 e. The summed E-state index contributed by atoms with van der Waals surface area (Å²) in [7, 11) is 0. The molecule has 0 N–H and O–H groups in total. The van der Waals surface area contributed by atoms with Gasteiger partial charge in [-0.15, -0.1) is 0 Å². The van der Waals surface area contributed by atoms with Gasteiger partial charge in [-0.25, -0.2) is 9.97 Å². The zero-order valence-electron chi connectivity index (χ0n) is 27.9. The van der Waals surface area contributed by atoms with Crippen molar-refractivity contribution in [2.24, 2.45) is 0 Å². The van der Waals surface area contributed by atoms with E-state index in [1.165, 1.54) is 11.1 Å². The van der Waals surface area contributed by atoms with Crippen LogP contribution in [0.1, 0.15) is 0 Å². The van der Waals surface area contributed by atoms with Gasteiger partial charge in [0.1, 0.15) is 0 Å². The SMILES string of the molecule is c1ccc(-c2ccc(N(c3ccccc3)c3ccc(-c4ccc5c(ccc6nc(-c7ccccc7)c(-c7ccccc7)nc65)c4)cc3)cc2)cc1. The summed E-state index contributed by atoms with van der Waals surface area (Å²) in [6.07, 6.45) is 0. The molecule has 240 valence electrons. The summed E-state index contributed by atoms with van der Waals surface area (Å²) >= 11 is 0. The Bertz CT molecular complexity index is 2590. The highest BCUT2D eigenvalue weighted by atomic mass is 15.1. The number of anilines is 3. The van der Waals surface area contributed by atoms with Crippen molar-refractivity contribution in [2.45, 2.75) is 0 Å². The van der Waals surface area contributed by atoms with E-state index in [9.17, 15) is 0 Å². The number of nitrogens with zero attached hydrogens (tertiary/aromatic N) is 3. The first-order chi connectivity index (χ1) is 25.3. The summed E-state index contributed by atoms with van der Waals surface area (Å²) < 4.78 is 0. The maximum absolute atomic E-state index is 5.30. The van der Waals surface area contributed by atoms with Crippen LogP contribution in [-0.4, -0.2) is 9.97 Å². The van der Waals surface area contributed by atoms with Crippen LogP contribution in [0.2, 0.25) is 0 Å². The predicted molar refractivity (Wildman–Crippen MR) is 213 cm³/mol. The van der Waals surface area contributed by atoms with Crippen molar-refractivity contribution in [3.8, 4) is 44.8 Å². The van der Waals surface area contributed by atoms with Gasteiger partial charge in [0, 0.05) is 33.6 Å². The van der Waals surface area contributed by atoms with E-state index in [-0.39, 0.29) is 0 Å². The van der Waals surface area contributed by atoms with Crippen molar-refractivity contribution in [2.75, 3.05) is 4.90 Å². The smallest absolute Gasteiger partial charge is 0.0973 e. The van der Waals surface area contributed by atoms with Gasteiger partial charge in [0.15, 0.2) is 0 Å². The molecule has 0 saturated carbocycles. The first-order valence-corrected chi connectivity index (χ1v) is 17.2. The summed E-state index contributed by atoms with van der Waals surface area (Å²) in [4.78, 5) is 12.8. The number of hydrogen-bond acceptors (Lipinski definition) is 3. The second-order valence-corrected chi connectivity index (χ2v) is 12.7. The van der Waals surface area contributed by atoms with E-state index in [0.29, 0.717) is 0 Å². The highest BCUT2D eigenvalue weighted by Crippen LogP contribution is 2.38. The lowest BCUT2D eigenvalue weighted by Gasteiger charge is -2.26. The number of rotatable bonds is 7. The fourth-order valence-electron chi connectivity index (χ4n) is 6.88. The number of aromatic nitrogens is 2. The first kappa shape index (κ1) is 30.2. The minimum atomic E-state index is 0.885. The van der Waals surface area contributed by atoms with E-state index >= 15 is 0 Å². The van der Waals surface area contributed by atoms with Gasteiger partial charge in [-0.1, -0.05) is 152 Å². The molecule has 0 aliphatic rings. The standard InChI is InChI=1S/C48H33N3/c1-5-13-34(14-6-1)35-21-27-42(28-22-35)51(41-19-11-4-12-20-41)43-29-23-36(24-30-43)39-25-31-44-40(33-39)26-32-45-48(44)50-47(38-17-9-3-10-18-38)46(49-45)37-15-7-2-8-16-37/h1-33H. The lowest BCUT2D eigenvalue weighted by molar-refractivity contribution is 1.28. The third-order valence-electron chi connectivity index (χ3n) is 9.45. The summed E-state index contributed by atoms with van der Waals surface area (Å²) in [6, 6.07) is 70.3. The van der Waals surface area contributed by atoms with Gasteiger partial charge in [0.05, 0.1) is 22.4 Å². The van der Waals surface area contributed by atoms with Gasteiger partial charge in [0.25, 0.3) is 0 Å². The molecular formula is C48H33N3. The minimum absolute atomic E-state index is 0.885. The van der Waals surface area contributed by atoms with Crippen LogP contribution in [0.4, 0.5) is 17.1 Å². The number of para-hydroxylation sites is 1. The normalized spacial score (nSPS) is 11.1. The van der Waals surface area contributed by atoms with E-state index in [1.807, 2.05) is 24.3 Å². The van der Waals surface area contributed by atoms with E-state index in [2.05, 4.69) is 181 Å². The fourth-order valence-corrected chi connectivity index (χ4v) is 6.88. The third-order valence-corrected chi connectivity index (χ3v) is 9.45. The van der Waals surface area contributed by atoms with E-state index < -0.39 is 0 Å². The monoisotopic (exact) mass is 651 g/mol. The number of fused-ring (bicyclic) bond motifs is 3. The molecule has 3 nitrogen and oxygen atoms in total. The topological polar surface area (TPSA) is 29.0 Å². The number of benzene rings is 8. The maximum atomic E-state index is 5.30. The van der Waals surface area contributed by atoms with Crippen molar-refractivity contribution in [3.63, 3.8) is 0 Å². The van der Waals surface area contributed by atoms with E-state index in [1.54, 1.807) is 0 Å². The Balaban J connectivity index is 1.08. The van der Waals surface area contributed by atoms with E-state index in [0.717, 1.165) is 72.5 Å². The quantitative estimate of drug-likeness (QED) is 0.161. The van der Waals surface area contributed by atoms with Crippen molar-refractivity contribution in [1.29, 1.82) is 0 Å². The van der Waals surface area contributed by atoms with Gasteiger partial charge >= 0.3 is 0 Å². The van der Waals surface area contributed by atoms with Gasteiger partial charge < -0.3 is 4.90 Å². The molecule has 9 aromatic rings. The van der Waals surface area contributed by atoms with Gasteiger partial charge in [0.2, 0.25) is 0 Å². The first-order valence-electron chi connectivity index (χ1n) is 17.2. The van der Waals surface area contributed by atoms with Gasteiger partial charge in [-0.3, -0.25) is 0 Å². The summed E-state index contributed by atoms with van der Waals surface area (Å²) in [5.74, 6) is 0. The van der Waals surface area contributed by atoms with Crippen LogP contribution in [0, 0.1) is 0 Å². The highest BCUT2D eigenvalue weighted by Gasteiger charge is 2.16. The second kappa shape index (κ2) is 13.2. The lowest BCUT2D eigenvalue weighted by atomic mass is 9.99. The van der Waals surface area contributed by atoms with Crippen LogP contribution < -0.4 is 4.90 Å². The lowest BCUT2D eigenvalue weighted by Crippen LogP contribution is -2.09. The molecule has 0 atom stereocenters. The molecule has 1 aromatic heterocycles. The molecule has 9 rings (SSSR count). The molecule has 1 heterocycles. The van der Waals surface area contributed by atoms with Crippen LogP contribution in [0.25, 0.3) is 66.6 Å². The molecule has 0 bridgehead atoms. The molecular weight excluding hydrogens is 619 g/mol. The zero-order valence-corrected chi connectivity index (χ0v) is 27.9. The summed E-state index contributed by atoms with van der Waals surface area (Å²) in [5.41, 5.74) is 13.7. The Morgan fingerprint density at radius 2 is 0.745 bits per heavy atom. The molecule has 8 aromatic carbocycles. The molecule has 3 heteroatoms. The molecule has 0 unspecified atom stereocenters. The average molecular weight is 652 g/mol. The Morgan fingerprint density at radius 1 is 0.314 bits per heavy atom. The molecule has 0 radical (unpaired) electrons. The molecule has 0 amide bonds. The highest BCUT2D eigenvalue weighted by molar-refractivity contribution is 6.06. The molecule has 0 saturated heterocycles. The van der Waals surface area contributed by atoms with Crippen molar-refractivity contribution in [3.05, 3.63) is 200 Å². The van der Waals surface area contributed by atoms with Crippen molar-refractivity contribution >= 4 is 38.9 Å². The number of hydrogen-bond donors (Lipinski definition) is 0. The molecule has 51 heavy (non-hydrogen) atoms. The Kier molecular flexibility index (Phi) is 7.84. The average Bonchev–Trinajstić information content (AvgIpc) is 3.22. The van der Waals surface area contributed by atoms with Crippen LogP contribution >= 0.6 is 0 Å². The van der Waals surface area contributed by atoms with Crippen LogP contribution in [0.15, 0.2) is 200 Å².